The smallest absolute Gasteiger partial charge is 0.292 e. The van der Waals surface area contributed by atoms with Crippen molar-refractivity contribution >= 4 is 23.0 Å². The summed E-state index contributed by atoms with van der Waals surface area (Å²) in [6.07, 6.45) is 2.52. The molecule has 2 amide bonds. The van der Waals surface area contributed by atoms with Crippen LogP contribution in [0.1, 0.15) is 48.3 Å². The van der Waals surface area contributed by atoms with E-state index >= 15 is 0 Å². The summed E-state index contributed by atoms with van der Waals surface area (Å²) in [6.45, 7) is 6.28. The lowest BCUT2D eigenvalue weighted by atomic mass is 10.2. The number of anilines is 1. The minimum atomic E-state index is -0.420. The van der Waals surface area contributed by atoms with Crippen LogP contribution in [0.5, 0.6) is 5.75 Å². The molecule has 3 rings (SSSR count). The number of hydrogen-bond donors (Lipinski definition) is 2. The molecule has 1 aromatic carbocycles. The van der Waals surface area contributed by atoms with Gasteiger partial charge >= 0.3 is 0 Å². The molecule has 0 aliphatic rings. The first-order valence-electron chi connectivity index (χ1n) is 9.36. The van der Waals surface area contributed by atoms with Gasteiger partial charge in [-0.2, -0.15) is 0 Å². The molecule has 0 aliphatic heterocycles. The molecule has 2 aromatic heterocycles. The molecule has 0 radical (unpaired) electrons. The number of fused-ring (bicyclic) bond motifs is 1. The van der Waals surface area contributed by atoms with E-state index in [1.54, 1.807) is 34.9 Å². The Morgan fingerprint density at radius 3 is 2.61 bits per heavy atom. The Balaban J connectivity index is 1.95. The molecule has 7 heteroatoms. The number of aromatic nitrogens is 2. The van der Waals surface area contributed by atoms with Gasteiger partial charge in [-0.15, -0.1) is 0 Å². The zero-order valence-corrected chi connectivity index (χ0v) is 16.2. The second-order valence-corrected chi connectivity index (χ2v) is 6.41. The van der Waals surface area contributed by atoms with Gasteiger partial charge in [-0.25, -0.2) is 4.98 Å². The number of ether oxygens (including phenoxy) is 1. The second-order valence-electron chi connectivity index (χ2n) is 6.41. The minimum absolute atomic E-state index is 0.0170. The molecular weight excluding hydrogens is 356 g/mol. The number of benzene rings is 1. The Labute approximate surface area is 163 Å². The summed E-state index contributed by atoms with van der Waals surface area (Å²) in [6, 6.07) is 12.6. The van der Waals surface area contributed by atoms with Crippen molar-refractivity contribution in [1.82, 2.24) is 14.7 Å². The molecular formula is C21H24N4O3. The van der Waals surface area contributed by atoms with E-state index in [0.29, 0.717) is 23.6 Å². The third kappa shape index (κ3) is 3.98. The molecule has 0 aliphatic carbocycles. The molecule has 2 N–H and O–H groups in total. The van der Waals surface area contributed by atoms with Crippen LogP contribution >= 0.6 is 0 Å². The summed E-state index contributed by atoms with van der Waals surface area (Å²) in [7, 11) is 0. The van der Waals surface area contributed by atoms with Crippen molar-refractivity contribution in [2.45, 2.75) is 33.2 Å². The highest BCUT2D eigenvalue weighted by atomic mass is 16.5. The van der Waals surface area contributed by atoms with Crippen LogP contribution in [0.25, 0.3) is 5.52 Å². The van der Waals surface area contributed by atoms with Gasteiger partial charge in [0.15, 0.2) is 5.69 Å². The van der Waals surface area contributed by atoms with Gasteiger partial charge in [0.05, 0.1) is 17.8 Å². The van der Waals surface area contributed by atoms with Gasteiger partial charge in [0.1, 0.15) is 5.75 Å². The van der Waals surface area contributed by atoms with Crippen molar-refractivity contribution in [3.05, 3.63) is 60.2 Å². The summed E-state index contributed by atoms with van der Waals surface area (Å²) in [4.78, 5) is 29.9. The van der Waals surface area contributed by atoms with E-state index in [1.807, 2.05) is 39.0 Å². The van der Waals surface area contributed by atoms with Crippen molar-refractivity contribution < 1.29 is 14.3 Å². The van der Waals surface area contributed by atoms with Crippen LogP contribution in [0, 0.1) is 0 Å². The van der Waals surface area contributed by atoms with Gasteiger partial charge in [-0.1, -0.05) is 25.1 Å². The summed E-state index contributed by atoms with van der Waals surface area (Å²) in [5, 5.41) is 5.73. The average Bonchev–Trinajstić information content (AvgIpc) is 3.09. The van der Waals surface area contributed by atoms with Crippen LogP contribution in [0.2, 0.25) is 0 Å². The van der Waals surface area contributed by atoms with Gasteiger partial charge in [0.25, 0.3) is 11.8 Å². The lowest BCUT2D eigenvalue weighted by Gasteiger charge is -2.10. The molecule has 146 valence electrons. The number of carbonyl (C=O) groups excluding carboxylic acids is 2. The minimum Gasteiger partial charge on any atom is -0.492 e. The molecule has 0 saturated heterocycles. The van der Waals surface area contributed by atoms with Crippen molar-refractivity contribution in [2.75, 3.05) is 11.9 Å². The van der Waals surface area contributed by atoms with Gasteiger partial charge in [-0.05, 0) is 44.5 Å². The van der Waals surface area contributed by atoms with Crippen molar-refractivity contribution in [3.8, 4) is 5.75 Å². The van der Waals surface area contributed by atoms with Crippen LogP contribution in [-0.2, 0) is 0 Å². The Morgan fingerprint density at radius 2 is 1.86 bits per heavy atom. The molecule has 0 fully saturated rings. The SMILES string of the molecule is CCOc1ccccc1NC(=O)c1nc(C(=O)NC(C)CC)c2ccccn12. The first kappa shape index (κ1) is 19.4. The normalized spacial score (nSPS) is 11.8. The number of imidazole rings is 1. The van der Waals surface area contributed by atoms with Crippen LogP contribution < -0.4 is 15.4 Å². The van der Waals surface area contributed by atoms with E-state index in [-0.39, 0.29) is 23.5 Å². The molecule has 1 unspecified atom stereocenters. The van der Waals surface area contributed by atoms with E-state index in [1.165, 1.54) is 0 Å². The van der Waals surface area contributed by atoms with Crippen molar-refractivity contribution in [3.63, 3.8) is 0 Å². The van der Waals surface area contributed by atoms with E-state index in [2.05, 4.69) is 15.6 Å². The third-order valence-corrected chi connectivity index (χ3v) is 4.39. The number of pyridine rings is 1. The Kier molecular flexibility index (Phi) is 5.93. The molecule has 28 heavy (non-hydrogen) atoms. The van der Waals surface area contributed by atoms with Gasteiger partial charge < -0.3 is 15.4 Å². The van der Waals surface area contributed by atoms with Gasteiger partial charge in [-0.3, -0.25) is 14.0 Å². The average molecular weight is 380 g/mol. The standard InChI is InChI=1S/C21H24N4O3/c1-4-14(3)22-20(26)18-16-11-8-9-13-25(16)19(24-18)21(27)23-15-10-6-7-12-17(15)28-5-2/h6-14H,4-5H2,1-3H3,(H,22,26)(H,23,27). The maximum atomic E-state index is 12.9. The van der Waals surface area contributed by atoms with Crippen LogP contribution in [0.4, 0.5) is 5.69 Å². The molecule has 0 bridgehead atoms. The van der Waals surface area contributed by atoms with E-state index in [9.17, 15) is 9.59 Å². The highest BCUT2D eigenvalue weighted by Gasteiger charge is 2.22. The summed E-state index contributed by atoms with van der Waals surface area (Å²) >= 11 is 0. The van der Waals surface area contributed by atoms with Crippen molar-refractivity contribution in [1.29, 1.82) is 0 Å². The predicted octanol–water partition coefficient (Wildman–Crippen LogP) is 3.51. The fraction of sp³-hybridized carbons (Fsp3) is 0.286. The molecule has 2 heterocycles. The topological polar surface area (TPSA) is 84.7 Å². The predicted molar refractivity (Wildman–Crippen MR) is 108 cm³/mol. The molecule has 0 spiro atoms. The maximum absolute atomic E-state index is 12.9. The number of nitrogens with one attached hydrogen (secondary N) is 2. The van der Waals surface area contributed by atoms with Gasteiger partial charge in [0.2, 0.25) is 5.82 Å². The maximum Gasteiger partial charge on any atom is 0.292 e. The second kappa shape index (κ2) is 8.56. The number of nitrogens with zero attached hydrogens (tertiary/aromatic N) is 2. The number of hydrogen-bond acceptors (Lipinski definition) is 4. The lowest BCUT2D eigenvalue weighted by Crippen LogP contribution is -2.32. The van der Waals surface area contributed by atoms with Crippen LogP contribution in [0.15, 0.2) is 48.7 Å². The zero-order chi connectivity index (χ0) is 20.1. The Hall–Kier alpha value is -3.35. The highest BCUT2D eigenvalue weighted by molar-refractivity contribution is 6.06. The summed E-state index contributed by atoms with van der Waals surface area (Å²) < 4.78 is 7.17. The first-order chi connectivity index (χ1) is 13.5. The number of amides is 2. The Bertz CT molecular complexity index is 996. The fourth-order valence-corrected chi connectivity index (χ4v) is 2.79. The lowest BCUT2D eigenvalue weighted by molar-refractivity contribution is 0.0936. The zero-order valence-electron chi connectivity index (χ0n) is 16.2. The van der Waals surface area contributed by atoms with E-state index in [4.69, 9.17) is 4.74 Å². The van der Waals surface area contributed by atoms with Crippen LogP contribution in [-0.4, -0.2) is 33.8 Å². The van der Waals surface area contributed by atoms with Crippen molar-refractivity contribution in [2.24, 2.45) is 0 Å². The van der Waals surface area contributed by atoms with E-state index in [0.717, 1.165) is 6.42 Å². The quantitative estimate of drug-likeness (QED) is 0.657. The molecule has 0 saturated carbocycles. The number of carbonyl (C=O) groups is 2. The fourth-order valence-electron chi connectivity index (χ4n) is 2.79. The molecule has 7 nitrogen and oxygen atoms in total. The number of para-hydroxylation sites is 2. The highest BCUT2D eigenvalue weighted by Crippen LogP contribution is 2.24. The molecule has 3 aromatic rings. The van der Waals surface area contributed by atoms with Gasteiger partial charge in [0, 0.05) is 12.2 Å². The Morgan fingerprint density at radius 1 is 1.11 bits per heavy atom. The largest absolute Gasteiger partial charge is 0.492 e. The van der Waals surface area contributed by atoms with Crippen LogP contribution in [0.3, 0.4) is 0 Å². The summed E-state index contributed by atoms with van der Waals surface area (Å²) in [5.74, 6) is -0.00656. The summed E-state index contributed by atoms with van der Waals surface area (Å²) in [5.41, 5.74) is 1.35. The van der Waals surface area contributed by atoms with E-state index < -0.39 is 5.91 Å². The number of rotatable bonds is 7. The first-order valence-corrected chi connectivity index (χ1v) is 9.36. The monoisotopic (exact) mass is 380 g/mol. The third-order valence-electron chi connectivity index (χ3n) is 4.39. The molecule has 1 atom stereocenters.